The van der Waals surface area contributed by atoms with Crippen molar-refractivity contribution >= 4 is 18.5 Å². The molecule has 106 valence electrons. The predicted octanol–water partition coefficient (Wildman–Crippen LogP) is 4.20. The van der Waals surface area contributed by atoms with E-state index in [1.165, 1.54) is 37.5 Å². The molecule has 0 aliphatic rings. The quantitative estimate of drug-likeness (QED) is 0.570. The first kappa shape index (κ1) is 16.0. The Labute approximate surface area is 120 Å². The smallest absolute Gasteiger partial charge is 0.251 e. The normalized spacial score (nSPS) is 12.2. The van der Waals surface area contributed by atoms with Crippen LogP contribution in [0.2, 0.25) is 0 Å². The number of hydrogen-bond acceptors (Lipinski definition) is 2. The number of nitrogens with one attached hydrogen (secondary N) is 1. The highest BCUT2D eigenvalue weighted by molar-refractivity contribution is 7.80. The molecule has 19 heavy (non-hydrogen) atoms. The van der Waals surface area contributed by atoms with Gasteiger partial charge in [-0.1, -0.05) is 32.6 Å². The van der Waals surface area contributed by atoms with E-state index in [0.717, 1.165) is 12.8 Å². The number of unbranched alkanes of at least 4 members (excludes halogenated alkanes) is 3. The van der Waals surface area contributed by atoms with E-state index in [4.69, 9.17) is 0 Å². The Bertz CT molecular complexity index is 423. The van der Waals surface area contributed by atoms with Gasteiger partial charge in [-0.15, -0.1) is 12.6 Å². The number of amides is 1. The zero-order valence-electron chi connectivity index (χ0n) is 11.6. The van der Waals surface area contributed by atoms with E-state index >= 15 is 0 Å². The van der Waals surface area contributed by atoms with Gasteiger partial charge in [0.25, 0.3) is 5.91 Å². The molecule has 1 atom stereocenters. The highest BCUT2D eigenvalue weighted by atomic mass is 32.1. The first-order valence-electron chi connectivity index (χ1n) is 6.84. The minimum Gasteiger partial charge on any atom is -0.350 e. The summed E-state index contributed by atoms with van der Waals surface area (Å²) >= 11 is 3.98. The number of halogens is 1. The first-order chi connectivity index (χ1) is 9.04. The van der Waals surface area contributed by atoms with E-state index in [2.05, 4.69) is 24.9 Å². The number of carbonyl (C=O) groups excluding carboxylic acids is 1. The molecule has 0 aliphatic heterocycles. The maximum absolute atomic E-state index is 13.1. The molecule has 1 unspecified atom stereocenters. The second-order valence-electron chi connectivity index (χ2n) is 4.89. The highest BCUT2D eigenvalue weighted by Gasteiger charge is 2.11. The van der Waals surface area contributed by atoms with E-state index in [1.54, 1.807) is 0 Å². The Morgan fingerprint density at radius 1 is 1.37 bits per heavy atom. The molecule has 1 N–H and O–H groups in total. The van der Waals surface area contributed by atoms with Crippen molar-refractivity contribution < 1.29 is 9.18 Å². The van der Waals surface area contributed by atoms with Crippen molar-refractivity contribution in [3.8, 4) is 0 Å². The van der Waals surface area contributed by atoms with Gasteiger partial charge >= 0.3 is 0 Å². The molecule has 0 saturated heterocycles. The predicted molar refractivity (Wildman–Crippen MR) is 79.3 cm³/mol. The summed E-state index contributed by atoms with van der Waals surface area (Å²) in [5.41, 5.74) is 0.451. The lowest BCUT2D eigenvalue weighted by atomic mass is 10.1. The van der Waals surface area contributed by atoms with Gasteiger partial charge < -0.3 is 5.32 Å². The molecular formula is C15H22FNOS. The zero-order valence-corrected chi connectivity index (χ0v) is 12.5. The molecular weight excluding hydrogens is 261 g/mol. The van der Waals surface area contributed by atoms with Gasteiger partial charge in [0, 0.05) is 16.5 Å². The maximum Gasteiger partial charge on any atom is 0.251 e. The second-order valence-corrected chi connectivity index (χ2v) is 5.37. The molecule has 0 saturated carbocycles. The summed E-state index contributed by atoms with van der Waals surface area (Å²) in [6.45, 7) is 4.17. The van der Waals surface area contributed by atoms with Gasteiger partial charge in [-0.3, -0.25) is 4.79 Å². The number of thiol groups is 1. The second kappa shape index (κ2) is 8.20. The van der Waals surface area contributed by atoms with Crippen LogP contribution in [0.5, 0.6) is 0 Å². The third kappa shape index (κ3) is 5.64. The van der Waals surface area contributed by atoms with Gasteiger partial charge in [0.1, 0.15) is 5.82 Å². The minimum atomic E-state index is -0.410. The number of benzene rings is 1. The van der Waals surface area contributed by atoms with E-state index in [9.17, 15) is 9.18 Å². The Hall–Kier alpha value is -1.03. The van der Waals surface area contributed by atoms with Crippen molar-refractivity contribution in [2.45, 2.75) is 56.9 Å². The van der Waals surface area contributed by atoms with Gasteiger partial charge in [0.15, 0.2) is 0 Å². The molecule has 0 aromatic heterocycles. The average molecular weight is 283 g/mol. The van der Waals surface area contributed by atoms with Crippen LogP contribution in [0.3, 0.4) is 0 Å². The molecule has 2 nitrogen and oxygen atoms in total. The lowest BCUT2D eigenvalue weighted by Crippen LogP contribution is -2.32. The largest absolute Gasteiger partial charge is 0.350 e. The standard InChI is InChI=1S/C15H22FNOS/c1-3-4-5-6-7-11(2)17-15(18)12-8-9-13(16)14(19)10-12/h8-11,19H,3-7H2,1-2H3,(H,17,18). The summed E-state index contributed by atoms with van der Waals surface area (Å²) in [6.07, 6.45) is 5.74. The molecule has 0 radical (unpaired) electrons. The van der Waals surface area contributed by atoms with Crippen molar-refractivity contribution in [3.05, 3.63) is 29.6 Å². The van der Waals surface area contributed by atoms with E-state index in [-0.39, 0.29) is 16.8 Å². The number of carbonyl (C=O) groups is 1. The van der Waals surface area contributed by atoms with Gasteiger partial charge in [0.05, 0.1) is 0 Å². The molecule has 1 aromatic rings. The minimum absolute atomic E-state index is 0.137. The average Bonchev–Trinajstić information content (AvgIpc) is 2.38. The molecule has 1 aromatic carbocycles. The van der Waals surface area contributed by atoms with Crippen LogP contribution < -0.4 is 5.32 Å². The van der Waals surface area contributed by atoms with E-state index in [0.29, 0.717) is 5.56 Å². The van der Waals surface area contributed by atoms with Crippen LogP contribution in [-0.2, 0) is 0 Å². The lowest BCUT2D eigenvalue weighted by Gasteiger charge is -2.14. The fourth-order valence-corrected chi connectivity index (χ4v) is 2.12. The Balaban J connectivity index is 2.43. The molecule has 0 fully saturated rings. The van der Waals surface area contributed by atoms with Crippen LogP contribution >= 0.6 is 12.6 Å². The summed E-state index contributed by atoms with van der Waals surface area (Å²) in [5.74, 6) is -0.578. The first-order valence-corrected chi connectivity index (χ1v) is 7.28. The third-order valence-corrected chi connectivity index (χ3v) is 3.42. The molecule has 0 bridgehead atoms. The van der Waals surface area contributed by atoms with Gasteiger partial charge in [-0.25, -0.2) is 4.39 Å². The van der Waals surface area contributed by atoms with Crippen molar-refractivity contribution in [2.24, 2.45) is 0 Å². The molecule has 1 amide bonds. The van der Waals surface area contributed by atoms with Crippen LogP contribution in [0.1, 0.15) is 56.3 Å². The summed E-state index contributed by atoms with van der Waals surface area (Å²) in [4.78, 5) is 12.1. The molecule has 0 spiro atoms. The van der Waals surface area contributed by atoms with Crippen molar-refractivity contribution in [3.63, 3.8) is 0 Å². The maximum atomic E-state index is 13.1. The summed E-state index contributed by atoms with van der Waals surface area (Å²) in [6, 6.07) is 4.34. The highest BCUT2D eigenvalue weighted by Crippen LogP contribution is 2.14. The molecule has 0 heterocycles. The van der Waals surface area contributed by atoms with Gasteiger partial charge in [-0.2, -0.15) is 0 Å². The van der Waals surface area contributed by atoms with Crippen LogP contribution in [0.4, 0.5) is 4.39 Å². The van der Waals surface area contributed by atoms with Gasteiger partial charge in [0.2, 0.25) is 0 Å². The van der Waals surface area contributed by atoms with Crippen LogP contribution in [0.25, 0.3) is 0 Å². The topological polar surface area (TPSA) is 29.1 Å². The zero-order chi connectivity index (χ0) is 14.3. The third-order valence-electron chi connectivity index (χ3n) is 3.08. The fourth-order valence-electron chi connectivity index (χ4n) is 1.91. The SMILES string of the molecule is CCCCCCC(C)NC(=O)c1ccc(F)c(S)c1. The Kier molecular flexibility index (Phi) is 6.92. The van der Waals surface area contributed by atoms with Crippen molar-refractivity contribution in [1.82, 2.24) is 5.32 Å². The van der Waals surface area contributed by atoms with E-state index in [1.807, 2.05) is 6.92 Å². The molecule has 0 aliphatic carbocycles. The summed E-state index contributed by atoms with van der Waals surface area (Å²) in [5, 5.41) is 2.92. The molecule has 1 rings (SSSR count). The van der Waals surface area contributed by atoms with Gasteiger partial charge in [-0.05, 0) is 31.5 Å². The fraction of sp³-hybridized carbons (Fsp3) is 0.533. The van der Waals surface area contributed by atoms with Crippen LogP contribution in [-0.4, -0.2) is 11.9 Å². The Morgan fingerprint density at radius 3 is 2.74 bits per heavy atom. The number of rotatable bonds is 7. The summed E-state index contributed by atoms with van der Waals surface area (Å²) < 4.78 is 13.1. The van der Waals surface area contributed by atoms with Crippen molar-refractivity contribution in [1.29, 1.82) is 0 Å². The summed E-state index contributed by atoms with van der Waals surface area (Å²) in [7, 11) is 0. The molecule has 4 heteroatoms. The Morgan fingerprint density at radius 2 is 2.11 bits per heavy atom. The van der Waals surface area contributed by atoms with E-state index < -0.39 is 5.82 Å². The lowest BCUT2D eigenvalue weighted by molar-refractivity contribution is 0.0937. The monoisotopic (exact) mass is 283 g/mol. The van der Waals surface area contributed by atoms with Crippen LogP contribution in [0.15, 0.2) is 23.1 Å². The van der Waals surface area contributed by atoms with Crippen LogP contribution in [0, 0.1) is 5.82 Å². The number of hydrogen-bond donors (Lipinski definition) is 2. The van der Waals surface area contributed by atoms with Crippen molar-refractivity contribution in [2.75, 3.05) is 0 Å².